The van der Waals surface area contributed by atoms with Crippen molar-refractivity contribution < 1.29 is 19.2 Å². The molecular formula is C19H23N3O4S. The fraction of sp³-hybridized carbons (Fsp3) is 0.474. The number of benzene rings is 1. The highest BCUT2D eigenvalue weighted by Gasteiger charge is 2.39. The number of nitrogens with two attached hydrogens (primary N) is 1. The van der Waals surface area contributed by atoms with E-state index in [0.717, 1.165) is 35.5 Å². The second-order valence-corrected chi connectivity index (χ2v) is 7.94. The molecule has 1 saturated heterocycles. The Bertz CT molecular complexity index is 780. The number of hydrogen-bond donors (Lipinski definition) is 2. The lowest BCUT2D eigenvalue weighted by Gasteiger charge is -2.29. The number of imide groups is 1. The van der Waals surface area contributed by atoms with E-state index in [2.05, 4.69) is 5.32 Å². The molecule has 0 aliphatic carbocycles. The molecule has 0 bridgehead atoms. The predicted molar refractivity (Wildman–Crippen MR) is 101 cm³/mol. The maximum atomic E-state index is 12.8. The molecule has 0 aromatic heterocycles. The van der Waals surface area contributed by atoms with Gasteiger partial charge in [0, 0.05) is 29.8 Å². The van der Waals surface area contributed by atoms with E-state index in [4.69, 9.17) is 5.73 Å². The Labute approximate surface area is 162 Å². The number of primary amides is 1. The summed E-state index contributed by atoms with van der Waals surface area (Å²) in [4.78, 5) is 49.6. The molecule has 2 aliphatic heterocycles. The zero-order valence-corrected chi connectivity index (χ0v) is 15.8. The first-order valence-corrected chi connectivity index (χ1v) is 10.1. The van der Waals surface area contributed by atoms with Gasteiger partial charge in [-0.3, -0.25) is 24.5 Å². The van der Waals surface area contributed by atoms with Crippen LogP contribution in [0.3, 0.4) is 0 Å². The van der Waals surface area contributed by atoms with E-state index in [1.807, 2.05) is 12.1 Å². The third-order valence-corrected chi connectivity index (χ3v) is 6.05. The van der Waals surface area contributed by atoms with Gasteiger partial charge in [0.05, 0.1) is 0 Å². The third kappa shape index (κ3) is 4.50. The number of rotatable bonds is 8. The van der Waals surface area contributed by atoms with Crippen molar-refractivity contribution in [3.05, 3.63) is 29.3 Å². The first kappa shape index (κ1) is 19.4. The lowest BCUT2D eigenvalue weighted by atomic mass is 10.0. The van der Waals surface area contributed by atoms with Crippen LogP contribution in [0.5, 0.6) is 0 Å². The van der Waals surface area contributed by atoms with E-state index in [9.17, 15) is 19.2 Å². The van der Waals surface area contributed by atoms with Crippen molar-refractivity contribution in [2.75, 3.05) is 5.75 Å². The van der Waals surface area contributed by atoms with Gasteiger partial charge in [0.25, 0.3) is 5.91 Å². The van der Waals surface area contributed by atoms with E-state index in [1.165, 1.54) is 0 Å². The first-order chi connectivity index (χ1) is 13.0. The maximum absolute atomic E-state index is 12.8. The van der Waals surface area contributed by atoms with Gasteiger partial charge in [-0.2, -0.15) is 0 Å². The summed E-state index contributed by atoms with van der Waals surface area (Å²) >= 11 is 1.69. The summed E-state index contributed by atoms with van der Waals surface area (Å²) in [6.45, 7) is 0.394. The normalized spacial score (nSPS) is 19.2. The van der Waals surface area contributed by atoms with Gasteiger partial charge >= 0.3 is 0 Å². The quantitative estimate of drug-likeness (QED) is 0.399. The van der Waals surface area contributed by atoms with Crippen LogP contribution >= 0.6 is 11.8 Å². The molecule has 0 spiro atoms. The van der Waals surface area contributed by atoms with Crippen molar-refractivity contribution in [1.29, 1.82) is 0 Å². The number of hydrogen-bond acceptors (Lipinski definition) is 5. The molecule has 27 heavy (non-hydrogen) atoms. The molecule has 0 saturated carbocycles. The van der Waals surface area contributed by atoms with Crippen molar-refractivity contribution in [3.8, 4) is 0 Å². The molecule has 2 heterocycles. The molecule has 4 amide bonds. The lowest BCUT2D eigenvalue weighted by molar-refractivity contribution is -0.137. The van der Waals surface area contributed by atoms with Crippen molar-refractivity contribution >= 4 is 35.4 Å². The number of unbranched alkanes of at least 4 members (excludes halogenated alkanes) is 2. The van der Waals surface area contributed by atoms with Gasteiger partial charge in [0.15, 0.2) is 0 Å². The summed E-state index contributed by atoms with van der Waals surface area (Å²) in [6, 6.07) is 5.06. The van der Waals surface area contributed by atoms with E-state index in [-0.39, 0.29) is 24.1 Å². The Balaban J connectivity index is 1.61. The SMILES string of the molecule is NC(=O)CCCCCSc1cccc2c1CN(C1CCC(=O)NC1=O)C2=O. The molecule has 1 aromatic carbocycles. The number of nitrogens with one attached hydrogen (secondary N) is 1. The smallest absolute Gasteiger partial charge is 0.255 e. The highest BCUT2D eigenvalue weighted by Crippen LogP contribution is 2.34. The molecular weight excluding hydrogens is 366 g/mol. The fourth-order valence-electron chi connectivity index (χ4n) is 3.45. The van der Waals surface area contributed by atoms with Gasteiger partial charge in [-0.05, 0) is 42.7 Å². The topological polar surface area (TPSA) is 110 Å². The molecule has 2 aliphatic rings. The van der Waals surface area contributed by atoms with Gasteiger partial charge in [0.1, 0.15) is 6.04 Å². The number of fused-ring (bicyclic) bond motifs is 1. The van der Waals surface area contributed by atoms with Crippen LogP contribution in [0.2, 0.25) is 0 Å². The highest BCUT2D eigenvalue weighted by molar-refractivity contribution is 7.99. The maximum Gasteiger partial charge on any atom is 0.255 e. The van der Waals surface area contributed by atoms with Gasteiger partial charge in [0.2, 0.25) is 17.7 Å². The molecule has 0 radical (unpaired) electrons. The van der Waals surface area contributed by atoms with Gasteiger partial charge in [-0.25, -0.2) is 0 Å². The van der Waals surface area contributed by atoms with Crippen LogP contribution in [0.1, 0.15) is 54.4 Å². The second-order valence-electron chi connectivity index (χ2n) is 6.81. The molecule has 7 nitrogen and oxygen atoms in total. The minimum Gasteiger partial charge on any atom is -0.370 e. The number of carbonyl (C=O) groups excluding carboxylic acids is 4. The Morgan fingerprint density at radius 2 is 2.04 bits per heavy atom. The van der Waals surface area contributed by atoms with Crippen molar-refractivity contribution in [3.63, 3.8) is 0 Å². The van der Waals surface area contributed by atoms with Crippen molar-refractivity contribution in [2.24, 2.45) is 5.73 Å². The summed E-state index contributed by atoms with van der Waals surface area (Å²) in [5, 5.41) is 2.32. The average Bonchev–Trinajstić information content (AvgIpc) is 2.95. The molecule has 1 fully saturated rings. The summed E-state index contributed by atoms with van der Waals surface area (Å²) in [5.74, 6) is -0.204. The van der Waals surface area contributed by atoms with Gasteiger partial charge in [-0.1, -0.05) is 12.5 Å². The molecule has 8 heteroatoms. The van der Waals surface area contributed by atoms with Crippen LogP contribution in [0.15, 0.2) is 23.1 Å². The standard InChI is InChI=1S/C19H23N3O4S/c20-16(23)7-2-1-3-10-27-15-6-4-5-12-13(15)11-22(19(12)26)14-8-9-17(24)21-18(14)25/h4-6,14H,1-3,7-11H2,(H2,20,23)(H,21,24,25). The van der Waals surface area contributed by atoms with Crippen molar-refractivity contribution in [2.45, 2.75) is 56.0 Å². The molecule has 3 N–H and O–H groups in total. The van der Waals surface area contributed by atoms with Crippen LogP contribution in [0.4, 0.5) is 0 Å². The Hall–Kier alpha value is -2.35. The number of nitrogens with zero attached hydrogens (tertiary/aromatic N) is 1. The highest BCUT2D eigenvalue weighted by atomic mass is 32.2. The van der Waals surface area contributed by atoms with Gasteiger partial charge in [-0.15, -0.1) is 11.8 Å². The van der Waals surface area contributed by atoms with E-state index >= 15 is 0 Å². The van der Waals surface area contributed by atoms with Gasteiger partial charge < -0.3 is 10.6 Å². The summed E-state index contributed by atoms with van der Waals surface area (Å²) in [6.07, 6.45) is 3.74. The Morgan fingerprint density at radius 3 is 2.78 bits per heavy atom. The predicted octanol–water partition coefficient (Wildman–Crippen LogP) is 1.59. The second kappa shape index (κ2) is 8.56. The number of piperidine rings is 1. The Morgan fingerprint density at radius 1 is 1.22 bits per heavy atom. The molecule has 1 unspecified atom stereocenters. The number of amides is 4. The van der Waals surface area contributed by atoms with Crippen LogP contribution < -0.4 is 11.1 Å². The monoisotopic (exact) mass is 389 g/mol. The van der Waals surface area contributed by atoms with Crippen LogP contribution in [0, 0.1) is 0 Å². The van der Waals surface area contributed by atoms with E-state index in [0.29, 0.717) is 24.9 Å². The summed E-state index contributed by atoms with van der Waals surface area (Å²) in [7, 11) is 0. The minimum atomic E-state index is -0.589. The van der Waals surface area contributed by atoms with E-state index in [1.54, 1.807) is 22.7 Å². The number of thioether (sulfide) groups is 1. The third-order valence-electron chi connectivity index (χ3n) is 4.86. The van der Waals surface area contributed by atoms with E-state index < -0.39 is 11.9 Å². The summed E-state index contributed by atoms with van der Waals surface area (Å²) < 4.78 is 0. The number of carbonyl (C=O) groups is 4. The molecule has 1 atom stereocenters. The largest absolute Gasteiger partial charge is 0.370 e. The average molecular weight is 389 g/mol. The zero-order chi connectivity index (χ0) is 19.4. The van der Waals surface area contributed by atoms with Crippen molar-refractivity contribution in [1.82, 2.24) is 10.2 Å². The lowest BCUT2D eigenvalue weighted by Crippen LogP contribution is -2.52. The van der Waals surface area contributed by atoms with Crippen LogP contribution in [-0.2, 0) is 20.9 Å². The molecule has 3 rings (SSSR count). The summed E-state index contributed by atoms with van der Waals surface area (Å²) in [5.41, 5.74) is 6.73. The Kier molecular flexibility index (Phi) is 6.15. The van der Waals surface area contributed by atoms with Crippen LogP contribution in [-0.4, -0.2) is 40.3 Å². The molecule has 144 valence electrons. The first-order valence-electron chi connectivity index (χ1n) is 9.15. The zero-order valence-electron chi connectivity index (χ0n) is 15.0. The molecule has 1 aromatic rings. The minimum absolute atomic E-state index is 0.150. The fourth-order valence-corrected chi connectivity index (χ4v) is 4.54. The van der Waals surface area contributed by atoms with Crippen LogP contribution in [0.25, 0.3) is 0 Å².